The van der Waals surface area contributed by atoms with Crippen LogP contribution < -0.4 is 21.7 Å². The van der Waals surface area contributed by atoms with Crippen molar-refractivity contribution in [3.8, 4) is 0 Å². The highest BCUT2D eigenvalue weighted by molar-refractivity contribution is 5.80. The minimum Gasteiger partial charge on any atom is -0.397 e. The fourth-order valence-electron chi connectivity index (χ4n) is 6.14. The Kier molecular flexibility index (Phi) is 9.82. The van der Waals surface area contributed by atoms with E-state index in [-0.39, 0.29) is 34.1 Å². The molecule has 49 heavy (non-hydrogen) atoms. The van der Waals surface area contributed by atoms with Gasteiger partial charge in [0.25, 0.3) is 0 Å². The van der Waals surface area contributed by atoms with E-state index in [0.29, 0.717) is 11.4 Å². The predicted molar refractivity (Wildman–Crippen MR) is 188 cm³/mol. The number of hydrogen-bond donors (Lipinski definition) is 4. The number of para-hydroxylation sites is 1. The van der Waals surface area contributed by atoms with Crippen LogP contribution in [-0.2, 0) is 5.41 Å². The molecule has 0 heterocycles. The lowest BCUT2D eigenvalue weighted by molar-refractivity contribution is -0.288. The van der Waals surface area contributed by atoms with E-state index < -0.39 is 28.9 Å². The highest BCUT2D eigenvalue weighted by Crippen LogP contribution is 2.57. The highest BCUT2D eigenvalue weighted by Gasteiger charge is 2.72. The van der Waals surface area contributed by atoms with Crippen molar-refractivity contribution in [2.45, 2.75) is 64.2 Å². The van der Waals surface area contributed by atoms with E-state index in [4.69, 9.17) is 5.73 Å². The maximum absolute atomic E-state index is 15.3. The van der Waals surface area contributed by atoms with Gasteiger partial charge in [0.1, 0.15) is 0 Å². The molecule has 0 amide bonds. The molecule has 0 saturated heterocycles. The van der Waals surface area contributed by atoms with Crippen LogP contribution in [0.4, 0.5) is 60.5 Å². The molecule has 258 valence electrons. The fraction of sp³-hybridized carbons (Fsp3) is 0.282. The predicted octanol–water partition coefficient (Wildman–Crippen LogP) is 12.0. The number of alkyl halides is 6. The van der Waals surface area contributed by atoms with Crippen LogP contribution in [0.3, 0.4) is 0 Å². The zero-order valence-corrected chi connectivity index (χ0v) is 27.7. The minimum absolute atomic E-state index is 0.0268. The van der Waals surface area contributed by atoms with Crippen LogP contribution in [0.5, 0.6) is 0 Å². The van der Waals surface area contributed by atoms with E-state index in [1.807, 2.05) is 58.1 Å². The molecule has 0 saturated carbocycles. The van der Waals surface area contributed by atoms with Gasteiger partial charge in [-0.1, -0.05) is 82.3 Å². The number of anilines is 6. The van der Waals surface area contributed by atoms with Crippen molar-refractivity contribution in [3.05, 3.63) is 132 Å². The zero-order valence-electron chi connectivity index (χ0n) is 27.7. The first-order valence-corrected chi connectivity index (χ1v) is 16.1. The van der Waals surface area contributed by atoms with Gasteiger partial charge in [-0.25, -0.2) is 0 Å². The summed E-state index contributed by atoms with van der Waals surface area (Å²) in [6.07, 6.45) is -4.42. The number of hydrogen-bond acceptors (Lipinski definition) is 4. The Bertz CT molecular complexity index is 1810. The van der Waals surface area contributed by atoms with Crippen molar-refractivity contribution in [2.24, 2.45) is 5.41 Å². The Hall–Kier alpha value is -4.86. The maximum atomic E-state index is 15.3. The summed E-state index contributed by atoms with van der Waals surface area (Å²) in [5.74, 6) is 0.230. The van der Waals surface area contributed by atoms with E-state index in [1.165, 1.54) is 12.1 Å². The molecule has 0 bridgehead atoms. The third-order valence-electron chi connectivity index (χ3n) is 9.36. The van der Waals surface area contributed by atoms with Crippen LogP contribution in [0.15, 0.2) is 115 Å². The van der Waals surface area contributed by atoms with Gasteiger partial charge < -0.3 is 21.7 Å². The van der Waals surface area contributed by atoms with Crippen LogP contribution in [0.2, 0.25) is 0 Å². The van der Waals surface area contributed by atoms with E-state index >= 15 is 26.3 Å². The van der Waals surface area contributed by atoms with Gasteiger partial charge in [0.2, 0.25) is 5.41 Å². The molecule has 0 spiro atoms. The summed E-state index contributed by atoms with van der Waals surface area (Å²) in [5, 5.41) is 9.35. The second-order valence-corrected chi connectivity index (χ2v) is 13.0. The van der Waals surface area contributed by atoms with Gasteiger partial charge in [-0.15, -0.1) is 0 Å². The fourth-order valence-corrected chi connectivity index (χ4v) is 6.14. The van der Waals surface area contributed by atoms with Crippen LogP contribution in [0, 0.1) is 5.41 Å². The van der Waals surface area contributed by atoms with E-state index in [1.54, 1.807) is 42.5 Å². The SMILES string of the molecule is CCC1(C)CC=CC=C1Nc1ccc(C(c2ccc(Nc3ccccc3)c(Nc3ccc(C(C)C)cc3)c2)(C(F)(F)F)C(F)(F)F)cc1N. The monoisotopic (exact) mass is 678 g/mol. The Morgan fingerprint density at radius 2 is 1.29 bits per heavy atom. The van der Waals surface area contributed by atoms with Crippen molar-refractivity contribution in [1.29, 1.82) is 0 Å². The Labute approximate surface area is 283 Å². The maximum Gasteiger partial charge on any atom is 0.411 e. The Morgan fingerprint density at radius 3 is 1.86 bits per heavy atom. The molecule has 4 aromatic carbocycles. The summed E-state index contributed by atoms with van der Waals surface area (Å²) in [4.78, 5) is 0. The lowest BCUT2D eigenvalue weighted by Crippen LogP contribution is -2.54. The molecule has 0 fully saturated rings. The first-order valence-electron chi connectivity index (χ1n) is 16.1. The van der Waals surface area contributed by atoms with Crippen molar-refractivity contribution in [3.63, 3.8) is 0 Å². The molecule has 0 radical (unpaired) electrons. The van der Waals surface area contributed by atoms with Crippen molar-refractivity contribution >= 4 is 34.1 Å². The smallest absolute Gasteiger partial charge is 0.397 e. The number of halogens is 6. The second-order valence-electron chi connectivity index (χ2n) is 13.0. The van der Waals surface area contributed by atoms with Crippen LogP contribution in [0.1, 0.15) is 63.1 Å². The van der Waals surface area contributed by atoms with Gasteiger partial charge in [-0.2, -0.15) is 26.3 Å². The Morgan fingerprint density at radius 1 is 0.714 bits per heavy atom. The first-order chi connectivity index (χ1) is 23.1. The lowest BCUT2D eigenvalue weighted by atomic mass is 9.72. The third-order valence-corrected chi connectivity index (χ3v) is 9.36. The molecule has 5 N–H and O–H groups in total. The van der Waals surface area contributed by atoms with Crippen LogP contribution in [-0.4, -0.2) is 12.4 Å². The Balaban J connectivity index is 1.65. The van der Waals surface area contributed by atoms with Crippen LogP contribution in [0.25, 0.3) is 0 Å². The second kappa shape index (κ2) is 13.6. The molecule has 0 aliphatic heterocycles. The van der Waals surface area contributed by atoms with E-state index in [2.05, 4.69) is 16.0 Å². The molecule has 1 aliphatic rings. The topological polar surface area (TPSA) is 62.1 Å². The quantitative estimate of drug-likeness (QED) is 0.0996. The van der Waals surface area contributed by atoms with E-state index in [0.717, 1.165) is 48.4 Å². The molecule has 1 unspecified atom stereocenters. The first kappa shape index (κ1) is 35.4. The van der Waals surface area contributed by atoms with Gasteiger partial charge in [0, 0.05) is 22.5 Å². The average Bonchev–Trinajstić information content (AvgIpc) is 3.04. The summed E-state index contributed by atoms with van der Waals surface area (Å²) in [6.45, 7) is 8.07. The van der Waals surface area contributed by atoms with E-state index in [9.17, 15) is 0 Å². The molecule has 4 aromatic rings. The summed E-state index contributed by atoms with van der Waals surface area (Å²) < 4.78 is 91.8. The van der Waals surface area contributed by atoms with Gasteiger partial charge in [0.15, 0.2) is 0 Å². The van der Waals surface area contributed by atoms with Gasteiger partial charge in [0.05, 0.1) is 22.7 Å². The average molecular weight is 679 g/mol. The number of allylic oxidation sites excluding steroid dienone is 4. The molecule has 10 heteroatoms. The van der Waals surface area contributed by atoms with Gasteiger partial charge in [-0.05, 0) is 90.1 Å². The number of nitrogens with one attached hydrogen (secondary N) is 3. The van der Waals surface area contributed by atoms with Gasteiger partial charge in [-0.3, -0.25) is 0 Å². The molecule has 5 rings (SSSR count). The minimum atomic E-state index is -5.80. The summed E-state index contributed by atoms with van der Waals surface area (Å²) in [6, 6.07) is 21.8. The van der Waals surface area contributed by atoms with Crippen LogP contribution >= 0.6 is 0 Å². The van der Waals surface area contributed by atoms with Gasteiger partial charge >= 0.3 is 12.4 Å². The van der Waals surface area contributed by atoms with Crippen molar-refractivity contribution < 1.29 is 26.3 Å². The molecule has 4 nitrogen and oxygen atoms in total. The van der Waals surface area contributed by atoms with Crippen molar-refractivity contribution in [1.82, 2.24) is 0 Å². The third kappa shape index (κ3) is 7.00. The summed E-state index contributed by atoms with van der Waals surface area (Å²) in [7, 11) is 0. The number of nitrogen functional groups attached to an aromatic ring is 1. The molecular weight excluding hydrogens is 638 g/mol. The summed E-state index contributed by atoms with van der Waals surface area (Å²) >= 11 is 0. The molecule has 0 aromatic heterocycles. The number of nitrogens with two attached hydrogens (primary N) is 1. The van der Waals surface area contributed by atoms with Crippen molar-refractivity contribution in [2.75, 3.05) is 21.7 Å². The molecular formula is C39H40F6N4. The largest absolute Gasteiger partial charge is 0.411 e. The zero-order chi connectivity index (χ0) is 35.6. The standard InChI is InChI=1S/C39H40F6N4/c1-5-36(4)22-10-9-13-35(36)49-32-20-16-27(23-31(32)46)37(38(40,41)42,39(43,44)45)28-17-21-33(47-29-11-7-6-8-12-29)34(24-28)48-30-18-14-26(15-19-30)25(2)3/h6-21,23-25,47-49H,5,22,46H2,1-4H3. The number of benzene rings is 4. The summed E-state index contributed by atoms with van der Waals surface area (Å²) in [5.41, 5.74) is 2.68. The molecule has 1 atom stereocenters. The number of rotatable bonds is 10. The highest BCUT2D eigenvalue weighted by atomic mass is 19.4. The molecule has 1 aliphatic carbocycles. The normalized spacial score (nSPS) is 16.8. The lowest BCUT2D eigenvalue weighted by Gasteiger charge is -2.39.